The van der Waals surface area contributed by atoms with Crippen molar-refractivity contribution in [2.75, 3.05) is 19.1 Å². The molecule has 1 aliphatic heterocycles. The lowest BCUT2D eigenvalue weighted by atomic mass is 10.0. The second-order valence-corrected chi connectivity index (χ2v) is 8.58. The number of thiocarbonyl (C=S) groups is 1. The van der Waals surface area contributed by atoms with Gasteiger partial charge in [-0.1, -0.05) is 12.1 Å². The van der Waals surface area contributed by atoms with Crippen LogP contribution < -0.4 is 19.7 Å². The van der Waals surface area contributed by atoms with Crippen LogP contribution in [0.5, 0.6) is 11.5 Å². The van der Waals surface area contributed by atoms with Crippen LogP contribution in [0.15, 0.2) is 85.2 Å². The third-order valence-electron chi connectivity index (χ3n) is 6.20. The summed E-state index contributed by atoms with van der Waals surface area (Å²) in [5.74, 6) is 0.319. The zero-order chi connectivity index (χ0) is 25.2. The second-order valence-electron chi connectivity index (χ2n) is 8.19. The standard InChI is InChI=1S/C27H24N4O4S/c1-34-19-11-12-23(35-2)22(16-19)31-25(24(29-27(31)36)20-9-3-4-13-28-20)21-10-6-14-30(21)18-8-5-7-17(15-18)26(32)33/h3-16,24-25H,1-2H3,(H,29,36)(H,32,33)/t24-,25+/m0/s1. The van der Waals surface area contributed by atoms with Gasteiger partial charge >= 0.3 is 5.97 Å². The average molecular weight is 501 g/mol. The van der Waals surface area contributed by atoms with E-state index in [1.807, 2.05) is 70.3 Å². The predicted octanol–water partition coefficient (Wildman–Crippen LogP) is 4.76. The molecule has 0 aliphatic carbocycles. The van der Waals surface area contributed by atoms with Crippen molar-refractivity contribution in [3.05, 3.63) is 102 Å². The van der Waals surface area contributed by atoms with Crippen molar-refractivity contribution in [2.24, 2.45) is 0 Å². The summed E-state index contributed by atoms with van der Waals surface area (Å²) in [6, 6.07) is 21.5. The van der Waals surface area contributed by atoms with E-state index in [0.717, 1.165) is 22.8 Å². The second kappa shape index (κ2) is 9.71. The van der Waals surface area contributed by atoms with E-state index >= 15 is 0 Å². The number of hydrogen-bond donors (Lipinski definition) is 2. The van der Waals surface area contributed by atoms with Crippen LogP contribution in [0.25, 0.3) is 5.69 Å². The summed E-state index contributed by atoms with van der Waals surface area (Å²) in [6.45, 7) is 0. The van der Waals surface area contributed by atoms with Gasteiger partial charge in [0.05, 0.1) is 37.2 Å². The lowest BCUT2D eigenvalue weighted by Crippen LogP contribution is -2.30. The highest BCUT2D eigenvalue weighted by Crippen LogP contribution is 2.46. The van der Waals surface area contributed by atoms with Crippen molar-refractivity contribution in [2.45, 2.75) is 12.1 Å². The van der Waals surface area contributed by atoms with E-state index in [4.69, 9.17) is 21.7 Å². The van der Waals surface area contributed by atoms with Gasteiger partial charge in [0.25, 0.3) is 0 Å². The topological polar surface area (TPSA) is 88.9 Å². The fraction of sp³-hybridized carbons (Fsp3) is 0.148. The molecule has 1 saturated heterocycles. The maximum absolute atomic E-state index is 11.6. The van der Waals surface area contributed by atoms with Crippen molar-refractivity contribution >= 4 is 29.0 Å². The van der Waals surface area contributed by atoms with Crippen LogP contribution in [0, 0.1) is 0 Å². The fourth-order valence-electron chi connectivity index (χ4n) is 4.56. The number of nitrogens with one attached hydrogen (secondary N) is 1. The maximum atomic E-state index is 11.6. The van der Waals surface area contributed by atoms with Gasteiger partial charge < -0.3 is 29.4 Å². The molecule has 1 aliphatic rings. The number of nitrogens with zero attached hydrogens (tertiary/aromatic N) is 3. The first-order chi connectivity index (χ1) is 17.5. The third-order valence-corrected chi connectivity index (χ3v) is 6.51. The molecule has 0 saturated carbocycles. The number of carbonyl (C=O) groups is 1. The molecular weight excluding hydrogens is 476 g/mol. The molecule has 5 rings (SSSR count). The molecule has 9 heteroatoms. The Morgan fingerprint density at radius 1 is 1.03 bits per heavy atom. The normalized spacial score (nSPS) is 17.1. The fourth-order valence-corrected chi connectivity index (χ4v) is 4.90. The summed E-state index contributed by atoms with van der Waals surface area (Å²) in [4.78, 5) is 18.2. The van der Waals surface area contributed by atoms with Gasteiger partial charge in [-0.15, -0.1) is 0 Å². The minimum atomic E-state index is -0.983. The summed E-state index contributed by atoms with van der Waals surface area (Å²) in [5, 5.41) is 13.5. The van der Waals surface area contributed by atoms with Crippen LogP contribution in [0.1, 0.15) is 33.8 Å². The largest absolute Gasteiger partial charge is 0.497 e. The molecule has 8 nitrogen and oxygen atoms in total. The van der Waals surface area contributed by atoms with Gasteiger partial charge in [0.1, 0.15) is 17.5 Å². The van der Waals surface area contributed by atoms with Crippen molar-refractivity contribution in [3.63, 3.8) is 0 Å². The average Bonchev–Trinajstić information content (AvgIpc) is 3.53. The van der Waals surface area contributed by atoms with Crippen LogP contribution in [0.4, 0.5) is 5.69 Å². The van der Waals surface area contributed by atoms with E-state index in [1.54, 1.807) is 38.6 Å². The van der Waals surface area contributed by atoms with Gasteiger partial charge in [-0.05, 0) is 66.8 Å². The number of aromatic nitrogens is 2. The Kier molecular flexibility index (Phi) is 6.30. The van der Waals surface area contributed by atoms with E-state index in [9.17, 15) is 9.90 Å². The highest BCUT2D eigenvalue weighted by molar-refractivity contribution is 7.80. The summed E-state index contributed by atoms with van der Waals surface area (Å²) < 4.78 is 13.2. The Morgan fingerprint density at radius 3 is 2.61 bits per heavy atom. The Hall–Kier alpha value is -4.37. The number of carboxylic acids is 1. The zero-order valence-corrected chi connectivity index (χ0v) is 20.5. The third kappa shape index (κ3) is 4.14. The number of anilines is 1. The first kappa shape index (κ1) is 23.4. The van der Waals surface area contributed by atoms with Gasteiger partial charge in [-0.25, -0.2) is 4.79 Å². The Labute approximate surface area is 213 Å². The van der Waals surface area contributed by atoms with E-state index in [1.165, 1.54) is 0 Å². The quantitative estimate of drug-likeness (QED) is 0.351. The molecule has 3 heterocycles. The lowest BCUT2D eigenvalue weighted by molar-refractivity contribution is 0.0697. The molecule has 2 N–H and O–H groups in total. The van der Waals surface area contributed by atoms with Crippen molar-refractivity contribution < 1.29 is 19.4 Å². The maximum Gasteiger partial charge on any atom is 0.335 e. The molecule has 0 bridgehead atoms. The van der Waals surface area contributed by atoms with E-state index in [0.29, 0.717) is 16.6 Å². The molecule has 0 unspecified atom stereocenters. The molecular formula is C27H24N4O4S. The summed E-state index contributed by atoms with van der Waals surface area (Å²) in [6.07, 6.45) is 3.66. The first-order valence-electron chi connectivity index (χ1n) is 11.3. The summed E-state index contributed by atoms with van der Waals surface area (Å²) >= 11 is 5.86. The van der Waals surface area contributed by atoms with Crippen molar-refractivity contribution in [1.29, 1.82) is 0 Å². The van der Waals surface area contributed by atoms with Crippen LogP contribution in [0.2, 0.25) is 0 Å². The molecule has 2 aromatic heterocycles. The molecule has 182 valence electrons. The Morgan fingerprint density at radius 2 is 1.89 bits per heavy atom. The lowest BCUT2D eigenvalue weighted by Gasteiger charge is -2.30. The minimum absolute atomic E-state index is 0.208. The first-order valence-corrected chi connectivity index (χ1v) is 11.7. The molecule has 0 radical (unpaired) electrons. The Bertz CT molecular complexity index is 1420. The highest BCUT2D eigenvalue weighted by atomic mass is 32.1. The SMILES string of the molecule is COc1ccc(OC)c(N2C(=S)N[C@@H](c3ccccn3)[C@H]2c2cccn2-c2cccc(C(=O)O)c2)c1. The van der Waals surface area contributed by atoms with Gasteiger partial charge in [0, 0.05) is 29.8 Å². The van der Waals surface area contributed by atoms with Crippen LogP contribution >= 0.6 is 12.2 Å². The number of rotatable bonds is 7. The highest BCUT2D eigenvalue weighted by Gasteiger charge is 2.43. The van der Waals surface area contributed by atoms with E-state index in [2.05, 4.69) is 10.3 Å². The number of hydrogen-bond acceptors (Lipinski definition) is 5. The molecule has 1 fully saturated rings. The smallest absolute Gasteiger partial charge is 0.335 e. The van der Waals surface area contributed by atoms with E-state index in [-0.39, 0.29) is 17.6 Å². The number of aromatic carboxylic acids is 1. The monoisotopic (exact) mass is 500 g/mol. The number of ether oxygens (including phenoxy) is 2. The number of carboxylic acid groups (broad SMARTS) is 1. The molecule has 2 aromatic carbocycles. The molecule has 0 amide bonds. The molecule has 2 atom stereocenters. The van der Waals surface area contributed by atoms with Crippen molar-refractivity contribution in [3.8, 4) is 17.2 Å². The molecule has 0 spiro atoms. The van der Waals surface area contributed by atoms with Gasteiger partial charge in [0.2, 0.25) is 0 Å². The Balaban J connectivity index is 1.70. The van der Waals surface area contributed by atoms with Gasteiger partial charge in [-0.3, -0.25) is 4.98 Å². The summed E-state index contributed by atoms with van der Waals surface area (Å²) in [5.41, 5.74) is 3.39. The van der Waals surface area contributed by atoms with E-state index < -0.39 is 5.97 Å². The van der Waals surface area contributed by atoms with Crippen LogP contribution in [0.3, 0.4) is 0 Å². The summed E-state index contributed by atoms with van der Waals surface area (Å²) in [7, 11) is 3.23. The zero-order valence-electron chi connectivity index (χ0n) is 19.7. The minimum Gasteiger partial charge on any atom is -0.497 e. The van der Waals surface area contributed by atoms with Crippen molar-refractivity contribution in [1.82, 2.24) is 14.9 Å². The molecule has 36 heavy (non-hydrogen) atoms. The van der Waals surface area contributed by atoms with Gasteiger partial charge in [0.15, 0.2) is 5.11 Å². The number of benzene rings is 2. The number of pyridine rings is 1. The van der Waals surface area contributed by atoms with Gasteiger partial charge in [-0.2, -0.15) is 0 Å². The molecule has 4 aromatic rings. The van der Waals surface area contributed by atoms with Crippen LogP contribution in [-0.4, -0.2) is 40.0 Å². The van der Waals surface area contributed by atoms with Crippen LogP contribution in [-0.2, 0) is 0 Å². The predicted molar refractivity (Wildman–Crippen MR) is 140 cm³/mol. The number of methoxy groups -OCH3 is 2.